The quantitative estimate of drug-likeness (QED) is 0.821. The zero-order valence-corrected chi connectivity index (χ0v) is 15.4. The van der Waals surface area contributed by atoms with Gasteiger partial charge in [-0.3, -0.25) is 9.78 Å². The molecule has 1 fully saturated rings. The maximum Gasteiger partial charge on any atom is 0.233 e. The lowest BCUT2D eigenvalue weighted by Crippen LogP contribution is -2.49. The third-order valence-corrected chi connectivity index (χ3v) is 5.32. The van der Waals surface area contributed by atoms with Crippen LogP contribution in [0.1, 0.15) is 11.6 Å². The Hall–Kier alpha value is -1.27. The summed E-state index contributed by atoms with van der Waals surface area (Å²) in [6, 6.07) is 11.6. The van der Waals surface area contributed by atoms with Crippen molar-refractivity contribution in [3.8, 4) is 0 Å². The molecule has 0 bridgehead atoms. The van der Waals surface area contributed by atoms with Crippen LogP contribution < -0.4 is 5.32 Å². The highest BCUT2D eigenvalue weighted by molar-refractivity contribution is 8.00. The number of thioether (sulfide) groups is 1. The van der Waals surface area contributed by atoms with Crippen LogP contribution in [-0.4, -0.2) is 41.2 Å². The number of hydrogen-bond acceptors (Lipinski definition) is 4. The second kappa shape index (κ2) is 9.28. The summed E-state index contributed by atoms with van der Waals surface area (Å²) in [7, 11) is 0. The lowest BCUT2D eigenvalue weighted by Gasteiger charge is -2.36. The first-order valence-electron chi connectivity index (χ1n) is 7.53. The number of aromatic nitrogens is 1. The summed E-state index contributed by atoms with van der Waals surface area (Å²) in [6.07, 6.45) is 3.58. The Balaban J connectivity index is 0.00000208. The molecule has 0 radical (unpaired) electrons. The van der Waals surface area contributed by atoms with Crippen molar-refractivity contribution in [2.24, 2.45) is 0 Å². The van der Waals surface area contributed by atoms with Crippen molar-refractivity contribution in [1.29, 1.82) is 0 Å². The molecule has 7 heteroatoms. The van der Waals surface area contributed by atoms with Gasteiger partial charge in [0.2, 0.25) is 5.91 Å². The van der Waals surface area contributed by atoms with Crippen LogP contribution in [-0.2, 0) is 4.79 Å². The van der Waals surface area contributed by atoms with Gasteiger partial charge in [-0.15, -0.1) is 24.2 Å². The molecule has 1 N–H and O–H groups in total. The van der Waals surface area contributed by atoms with Crippen LogP contribution in [0.15, 0.2) is 53.7 Å². The van der Waals surface area contributed by atoms with Crippen molar-refractivity contribution in [3.05, 3.63) is 59.4 Å². The summed E-state index contributed by atoms with van der Waals surface area (Å²) in [6.45, 7) is 2.29. The number of carbonyl (C=O) groups is 1. The SMILES string of the molecule is Cl.O=C(CSc1ccccc1Cl)N1CCNCC1c1cccnc1. The third-order valence-electron chi connectivity index (χ3n) is 3.82. The molecule has 0 saturated carbocycles. The summed E-state index contributed by atoms with van der Waals surface area (Å²) in [5.74, 6) is 0.519. The van der Waals surface area contributed by atoms with E-state index in [-0.39, 0.29) is 24.4 Å². The number of nitrogens with one attached hydrogen (secondary N) is 1. The van der Waals surface area contributed by atoms with Crippen LogP contribution in [0, 0.1) is 0 Å². The lowest BCUT2D eigenvalue weighted by atomic mass is 10.1. The summed E-state index contributed by atoms with van der Waals surface area (Å²) in [5.41, 5.74) is 1.07. The molecule has 1 unspecified atom stereocenters. The molecular formula is C17H19Cl2N3OS. The molecule has 2 heterocycles. The van der Waals surface area contributed by atoms with Gasteiger partial charge < -0.3 is 10.2 Å². The van der Waals surface area contributed by atoms with Crippen LogP contribution in [0.4, 0.5) is 0 Å². The van der Waals surface area contributed by atoms with Crippen molar-refractivity contribution in [2.75, 3.05) is 25.4 Å². The lowest BCUT2D eigenvalue weighted by molar-refractivity contribution is -0.131. The molecule has 128 valence electrons. The van der Waals surface area contributed by atoms with Crippen molar-refractivity contribution in [2.45, 2.75) is 10.9 Å². The molecule has 4 nitrogen and oxygen atoms in total. The van der Waals surface area contributed by atoms with Gasteiger partial charge in [-0.1, -0.05) is 29.8 Å². The van der Waals surface area contributed by atoms with Gasteiger partial charge in [0.05, 0.1) is 16.8 Å². The van der Waals surface area contributed by atoms with Crippen LogP contribution in [0.5, 0.6) is 0 Å². The first-order valence-corrected chi connectivity index (χ1v) is 8.89. The fourth-order valence-electron chi connectivity index (χ4n) is 2.66. The van der Waals surface area contributed by atoms with Gasteiger partial charge in [-0.05, 0) is 23.8 Å². The van der Waals surface area contributed by atoms with Gasteiger partial charge in [0.25, 0.3) is 0 Å². The van der Waals surface area contributed by atoms with Crippen molar-refractivity contribution >= 4 is 41.7 Å². The van der Waals surface area contributed by atoms with E-state index in [1.165, 1.54) is 11.8 Å². The highest BCUT2D eigenvalue weighted by Gasteiger charge is 2.27. The second-order valence-corrected chi connectivity index (χ2v) is 6.74. The third kappa shape index (κ3) is 4.63. The van der Waals surface area contributed by atoms with E-state index in [0.717, 1.165) is 23.5 Å². The molecule has 1 aromatic heterocycles. The van der Waals surface area contributed by atoms with Crippen molar-refractivity contribution in [3.63, 3.8) is 0 Å². The smallest absolute Gasteiger partial charge is 0.233 e. The van der Waals surface area contributed by atoms with E-state index in [1.54, 1.807) is 6.20 Å². The number of benzene rings is 1. The minimum Gasteiger partial charge on any atom is -0.332 e. The van der Waals surface area contributed by atoms with E-state index < -0.39 is 0 Å². The number of rotatable bonds is 4. The zero-order valence-electron chi connectivity index (χ0n) is 13.0. The normalized spacial score (nSPS) is 17.2. The van der Waals surface area contributed by atoms with E-state index in [9.17, 15) is 4.79 Å². The molecule has 3 rings (SSSR count). The molecule has 1 aliphatic heterocycles. The molecule has 0 aliphatic carbocycles. The maximum absolute atomic E-state index is 12.7. The maximum atomic E-state index is 12.7. The average Bonchev–Trinajstić information content (AvgIpc) is 2.61. The van der Waals surface area contributed by atoms with Crippen molar-refractivity contribution in [1.82, 2.24) is 15.2 Å². The Morgan fingerprint density at radius 3 is 2.92 bits per heavy atom. The molecule has 1 aromatic carbocycles. The van der Waals surface area contributed by atoms with Crippen LogP contribution >= 0.6 is 35.8 Å². The van der Waals surface area contributed by atoms with Gasteiger partial charge >= 0.3 is 0 Å². The monoisotopic (exact) mass is 383 g/mol. The largest absolute Gasteiger partial charge is 0.332 e. The van der Waals surface area contributed by atoms with Gasteiger partial charge in [0.15, 0.2) is 0 Å². The van der Waals surface area contributed by atoms with E-state index in [0.29, 0.717) is 17.3 Å². The summed E-state index contributed by atoms with van der Waals surface area (Å²) >= 11 is 7.64. The molecule has 2 aromatic rings. The molecule has 1 amide bonds. The van der Waals surface area contributed by atoms with Crippen LogP contribution in [0.2, 0.25) is 5.02 Å². The Morgan fingerprint density at radius 1 is 1.33 bits per heavy atom. The predicted octanol–water partition coefficient (Wildman–Crippen LogP) is 3.42. The minimum atomic E-state index is 0. The Kier molecular flexibility index (Phi) is 7.37. The number of piperazine rings is 1. The standard InChI is InChI=1S/C17H18ClN3OS.ClH/c18-14-5-1-2-6-16(14)23-12-17(22)21-9-8-20-11-15(21)13-4-3-7-19-10-13;/h1-7,10,15,20H,8-9,11-12H2;1H. The van der Waals surface area contributed by atoms with Gasteiger partial charge in [-0.25, -0.2) is 0 Å². The number of hydrogen-bond donors (Lipinski definition) is 1. The Labute approximate surface area is 157 Å². The summed E-state index contributed by atoms with van der Waals surface area (Å²) < 4.78 is 0. The van der Waals surface area contributed by atoms with E-state index in [1.807, 2.05) is 47.5 Å². The topological polar surface area (TPSA) is 45.2 Å². The predicted molar refractivity (Wildman–Crippen MR) is 101 cm³/mol. The fourth-order valence-corrected chi connectivity index (χ4v) is 3.78. The summed E-state index contributed by atoms with van der Waals surface area (Å²) in [4.78, 5) is 19.7. The summed E-state index contributed by atoms with van der Waals surface area (Å²) in [5, 5.41) is 4.04. The molecule has 1 aliphatic rings. The first kappa shape index (κ1) is 19.1. The highest BCUT2D eigenvalue weighted by Crippen LogP contribution is 2.28. The van der Waals surface area contributed by atoms with Crippen molar-refractivity contribution < 1.29 is 4.79 Å². The van der Waals surface area contributed by atoms with E-state index >= 15 is 0 Å². The van der Waals surface area contributed by atoms with Gasteiger partial charge in [-0.2, -0.15) is 0 Å². The highest BCUT2D eigenvalue weighted by atomic mass is 35.5. The Morgan fingerprint density at radius 2 is 2.17 bits per heavy atom. The van der Waals surface area contributed by atoms with E-state index in [2.05, 4.69) is 10.3 Å². The molecular weight excluding hydrogens is 365 g/mol. The average molecular weight is 384 g/mol. The first-order chi connectivity index (χ1) is 11.3. The number of pyridine rings is 1. The number of halogens is 2. The molecule has 0 spiro atoms. The number of nitrogens with zero attached hydrogens (tertiary/aromatic N) is 2. The fraction of sp³-hybridized carbons (Fsp3) is 0.294. The van der Waals surface area contributed by atoms with Crippen LogP contribution in [0.25, 0.3) is 0 Å². The molecule has 1 atom stereocenters. The molecule has 24 heavy (non-hydrogen) atoms. The van der Waals surface area contributed by atoms with Gasteiger partial charge in [0, 0.05) is 36.9 Å². The minimum absolute atomic E-state index is 0. The zero-order chi connectivity index (χ0) is 16.1. The number of amides is 1. The molecule has 1 saturated heterocycles. The van der Waals surface area contributed by atoms with Crippen LogP contribution in [0.3, 0.4) is 0 Å². The number of carbonyl (C=O) groups excluding carboxylic acids is 1. The van der Waals surface area contributed by atoms with Gasteiger partial charge in [0.1, 0.15) is 0 Å². The second-order valence-electron chi connectivity index (χ2n) is 5.31. The Bertz CT molecular complexity index is 672. The van der Waals surface area contributed by atoms with E-state index in [4.69, 9.17) is 11.6 Å².